The zero-order valence-electron chi connectivity index (χ0n) is 9.46. The molecule has 4 N–H and O–H groups in total. The number of carbonyl (C=O) groups excluding carboxylic acids is 2. The maximum atomic E-state index is 11.6. The lowest BCUT2D eigenvalue weighted by molar-refractivity contribution is -0.143. The number of carboxylic acid groups (broad SMARTS) is 1. The van der Waals surface area contributed by atoms with Crippen LogP contribution in [0, 0.1) is 5.92 Å². The molecule has 1 heterocycles. The standard InChI is InChI=1S/C9H14N2O6S/c10-7(12)3-6(9(14)15)11-8(13)5-1-2-18(16,17)4-5/h5-6H,1-4H2,(H2,10,12)(H,11,13)(H,14,15)/t5?,6-/m0/s1. The van der Waals surface area contributed by atoms with Crippen molar-refractivity contribution in [2.24, 2.45) is 11.7 Å². The van der Waals surface area contributed by atoms with Crippen LogP contribution in [0.1, 0.15) is 12.8 Å². The highest BCUT2D eigenvalue weighted by molar-refractivity contribution is 7.91. The molecule has 2 atom stereocenters. The Morgan fingerprint density at radius 2 is 2.00 bits per heavy atom. The van der Waals surface area contributed by atoms with Crippen molar-refractivity contribution in [2.75, 3.05) is 11.5 Å². The van der Waals surface area contributed by atoms with E-state index in [-0.39, 0.29) is 17.9 Å². The van der Waals surface area contributed by atoms with E-state index in [1.165, 1.54) is 0 Å². The molecule has 18 heavy (non-hydrogen) atoms. The number of carboxylic acids is 1. The number of primary amides is 1. The Hall–Kier alpha value is -1.64. The van der Waals surface area contributed by atoms with Gasteiger partial charge < -0.3 is 16.2 Å². The molecule has 1 fully saturated rings. The minimum atomic E-state index is -3.22. The third kappa shape index (κ3) is 3.99. The fourth-order valence-corrected chi connectivity index (χ4v) is 3.43. The predicted octanol–water partition coefficient (Wildman–Crippen LogP) is -2.13. The Balaban J connectivity index is 2.62. The second-order valence-electron chi connectivity index (χ2n) is 4.17. The van der Waals surface area contributed by atoms with Gasteiger partial charge in [0.2, 0.25) is 11.8 Å². The highest BCUT2D eigenvalue weighted by Gasteiger charge is 2.34. The van der Waals surface area contributed by atoms with Crippen LogP contribution in [-0.4, -0.2) is 48.9 Å². The molecule has 9 heteroatoms. The molecule has 1 rings (SSSR count). The molecule has 8 nitrogen and oxygen atoms in total. The second-order valence-corrected chi connectivity index (χ2v) is 6.40. The Morgan fingerprint density at radius 3 is 2.39 bits per heavy atom. The van der Waals surface area contributed by atoms with Crippen molar-refractivity contribution < 1.29 is 27.9 Å². The highest BCUT2D eigenvalue weighted by Crippen LogP contribution is 2.18. The van der Waals surface area contributed by atoms with Gasteiger partial charge in [-0.1, -0.05) is 0 Å². The lowest BCUT2D eigenvalue weighted by Crippen LogP contribution is -2.45. The van der Waals surface area contributed by atoms with Crippen molar-refractivity contribution in [3.05, 3.63) is 0 Å². The van der Waals surface area contributed by atoms with Gasteiger partial charge in [0.15, 0.2) is 9.84 Å². The molecule has 0 saturated carbocycles. The van der Waals surface area contributed by atoms with Crippen molar-refractivity contribution in [3.8, 4) is 0 Å². The lowest BCUT2D eigenvalue weighted by Gasteiger charge is -2.15. The molecule has 2 amide bonds. The largest absolute Gasteiger partial charge is 0.480 e. The monoisotopic (exact) mass is 278 g/mol. The molecule has 1 aliphatic rings. The topological polar surface area (TPSA) is 144 Å². The SMILES string of the molecule is NC(=O)C[C@H](NC(=O)C1CCS(=O)(=O)C1)C(=O)O. The van der Waals surface area contributed by atoms with Crippen molar-refractivity contribution >= 4 is 27.6 Å². The predicted molar refractivity (Wildman–Crippen MR) is 60.1 cm³/mol. The number of nitrogens with one attached hydrogen (secondary N) is 1. The minimum Gasteiger partial charge on any atom is -0.480 e. The normalized spacial score (nSPS) is 23.2. The average molecular weight is 278 g/mol. The molecule has 0 aromatic carbocycles. The zero-order valence-corrected chi connectivity index (χ0v) is 10.3. The van der Waals surface area contributed by atoms with Crippen molar-refractivity contribution in [1.82, 2.24) is 5.32 Å². The van der Waals surface area contributed by atoms with Gasteiger partial charge in [-0.25, -0.2) is 13.2 Å². The van der Waals surface area contributed by atoms with Crippen LogP contribution in [0.25, 0.3) is 0 Å². The van der Waals surface area contributed by atoms with Crippen LogP contribution in [0.4, 0.5) is 0 Å². The van der Waals surface area contributed by atoms with Crippen LogP contribution in [0.15, 0.2) is 0 Å². The molecule has 102 valence electrons. The van der Waals surface area contributed by atoms with Gasteiger partial charge in [-0.05, 0) is 6.42 Å². The maximum absolute atomic E-state index is 11.6. The molecule has 1 saturated heterocycles. The van der Waals surface area contributed by atoms with E-state index in [9.17, 15) is 22.8 Å². The van der Waals surface area contributed by atoms with Gasteiger partial charge in [0.05, 0.1) is 23.8 Å². The molecular formula is C9H14N2O6S. The summed E-state index contributed by atoms with van der Waals surface area (Å²) < 4.78 is 22.3. The number of hydrogen-bond donors (Lipinski definition) is 3. The van der Waals surface area contributed by atoms with Gasteiger partial charge in [0.1, 0.15) is 6.04 Å². The number of nitrogens with two attached hydrogens (primary N) is 1. The first-order chi connectivity index (χ1) is 8.21. The van der Waals surface area contributed by atoms with Gasteiger partial charge in [0.25, 0.3) is 0 Å². The van der Waals surface area contributed by atoms with E-state index in [2.05, 4.69) is 5.32 Å². The number of rotatable bonds is 5. The van der Waals surface area contributed by atoms with E-state index >= 15 is 0 Å². The number of hydrogen-bond acceptors (Lipinski definition) is 5. The molecule has 0 aliphatic carbocycles. The quantitative estimate of drug-likeness (QED) is 0.524. The molecule has 0 bridgehead atoms. The molecule has 0 spiro atoms. The summed E-state index contributed by atoms with van der Waals surface area (Å²) in [5, 5.41) is 10.9. The van der Waals surface area contributed by atoms with E-state index in [1.54, 1.807) is 0 Å². The average Bonchev–Trinajstić information content (AvgIpc) is 2.57. The fourth-order valence-electron chi connectivity index (χ4n) is 1.69. The van der Waals surface area contributed by atoms with Crippen LogP contribution >= 0.6 is 0 Å². The summed E-state index contributed by atoms with van der Waals surface area (Å²) in [6, 6.07) is -1.42. The third-order valence-corrected chi connectivity index (χ3v) is 4.39. The molecule has 0 aromatic heterocycles. The van der Waals surface area contributed by atoms with Crippen molar-refractivity contribution in [3.63, 3.8) is 0 Å². The molecular weight excluding hydrogens is 264 g/mol. The summed E-state index contributed by atoms with van der Waals surface area (Å²) >= 11 is 0. The van der Waals surface area contributed by atoms with Crippen LogP contribution in [-0.2, 0) is 24.2 Å². The zero-order chi connectivity index (χ0) is 13.9. The first kappa shape index (κ1) is 14.4. The second kappa shape index (κ2) is 5.34. The summed E-state index contributed by atoms with van der Waals surface area (Å²) in [5.41, 5.74) is 4.85. The van der Waals surface area contributed by atoms with Crippen molar-refractivity contribution in [2.45, 2.75) is 18.9 Å². The van der Waals surface area contributed by atoms with Crippen LogP contribution in [0.5, 0.6) is 0 Å². The fraction of sp³-hybridized carbons (Fsp3) is 0.667. The molecule has 1 unspecified atom stereocenters. The van der Waals surface area contributed by atoms with Crippen molar-refractivity contribution in [1.29, 1.82) is 0 Å². The van der Waals surface area contributed by atoms with E-state index in [1.807, 2.05) is 0 Å². The maximum Gasteiger partial charge on any atom is 0.326 e. The highest BCUT2D eigenvalue weighted by atomic mass is 32.2. The first-order valence-electron chi connectivity index (χ1n) is 5.23. The lowest BCUT2D eigenvalue weighted by atomic mass is 10.1. The molecule has 0 aromatic rings. The van der Waals surface area contributed by atoms with Crippen LogP contribution < -0.4 is 11.1 Å². The number of sulfone groups is 1. The van der Waals surface area contributed by atoms with Gasteiger partial charge in [-0.2, -0.15) is 0 Å². The van der Waals surface area contributed by atoms with Gasteiger partial charge >= 0.3 is 5.97 Å². The first-order valence-corrected chi connectivity index (χ1v) is 7.05. The summed E-state index contributed by atoms with van der Waals surface area (Å²) in [4.78, 5) is 33.0. The summed E-state index contributed by atoms with van der Waals surface area (Å²) in [6.45, 7) is 0. The van der Waals surface area contributed by atoms with Gasteiger partial charge in [-0.3, -0.25) is 9.59 Å². The Bertz CT molecular complexity index is 471. The Morgan fingerprint density at radius 1 is 1.39 bits per heavy atom. The third-order valence-electron chi connectivity index (χ3n) is 2.62. The summed E-state index contributed by atoms with van der Waals surface area (Å²) in [5.74, 6) is -4.06. The van der Waals surface area contributed by atoms with E-state index in [0.29, 0.717) is 0 Å². The molecule has 0 radical (unpaired) electrons. The number of carbonyl (C=O) groups is 3. The van der Waals surface area contributed by atoms with Gasteiger partial charge in [-0.15, -0.1) is 0 Å². The van der Waals surface area contributed by atoms with E-state index in [4.69, 9.17) is 10.8 Å². The Kier molecular flexibility index (Phi) is 4.28. The molecule has 1 aliphatic heterocycles. The minimum absolute atomic E-state index is 0.0847. The summed E-state index contributed by atoms with van der Waals surface area (Å²) in [7, 11) is -3.22. The van der Waals surface area contributed by atoms with E-state index in [0.717, 1.165) is 0 Å². The Labute approximate surface area is 103 Å². The smallest absolute Gasteiger partial charge is 0.326 e. The van der Waals surface area contributed by atoms with Crippen LogP contribution in [0.3, 0.4) is 0 Å². The number of amides is 2. The van der Waals surface area contributed by atoms with E-state index < -0.39 is 46.0 Å². The van der Waals surface area contributed by atoms with Crippen LogP contribution in [0.2, 0.25) is 0 Å². The number of aliphatic carboxylic acids is 1. The summed E-state index contributed by atoms with van der Waals surface area (Å²) in [6.07, 6.45) is -0.363. The van der Waals surface area contributed by atoms with Gasteiger partial charge in [0, 0.05) is 0 Å².